The lowest BCUT2D eigenvalue weighted by Gasteiger charge is -2.25. The van der Waals surface area contributed by atoms with Crippen LogP contribution in [-0.4, -0.2) is 35.0 Å². The van der Waals surface area contributed by atoms with Crippen molar-refractivity contribution >= 4 is 38.6 Å². The van der Waals surface area contributed by atoms with Crippen LogP contribution in [0.5, 0.6) is 0 Å². The van der Waals surface area contributed by atoms with Gasteiger partial charge in [-0.15, -0.1) is 0 Å². The third-order valence-electron chi connectivity index (χ3n) is 5.21. The molecule has 30 heavy (non-hydrogen) atoms. The second kappa shape index (κ2) is 9.13. The maximum Gasteiger partial charge on any atom is 0.221 e. The van der Waals surface area contributed by atoms with Gasteiger partial charge >= 0.3 is 0 Å². The van der Waals surface area contributed by atoms with Crippen LogP contribution in [0, 0.1) is 5.92 Å². The van der Waals surface area contributed by atoms with Gasteiger partial charge in [0.1, 0.15) is 5.82 Å². The normalized spacial score (nSPS) is 13.6. The third kappa shape index (κ3) is 4.98. The Balaban J connectivity index is 1.67. The van der Waals surface area contributed by atoms with Crippen LogP contribution < -0.4 is 10.2 Å². The lowest BCUT2D eigenvalue weighted by atomic mass is 10.1. The minimum Gasteiger partial charge on any atom is -0.356 e. The molecule has 0 atom stereocenters. The fourth-order valence-electron chi connectivity index (χ4n) is 3.51. The van der Waals surface area contributed by atoms with E-state index < -0.39 is 0 Å². The van der Waals surface area contributed by atoms with E-state index in [1.54, 1.807) is 0 Å². The Morgan fingerprint density at radius 3 is 2.70 bits per heavy atom. The quantitative estimate of drug-likeness (QED) is 0.496. The van der Waals surface area contributed by atoms with Crippen LogP contribution in [0.4, 0.5) is 5.82 Å². The van der Waals surface area contributed by atoms with Crippen LogP contribution in [0.1, 0.15) is 33.1 Å². The zero-order valence-electron chi connectivity index (χ0n) is 17.4. The Labute approximate surface area is 186 Å². The van der Waals surface area contributed by atoms with E-state index in [1.165, 1.54) is 0 Å². The first-order valence-corrected chi connectivity index (χ1v) is 11.4. The van der Waals surface area contributed by atoms with E-state index in [1.807, 2.05) is 42.5 Å². The number of nitrogens with zero attached hydrogens (tertiary/aromatic N) is 3. The number of para-hydroxylation sites is 1. The SMILES string of the molecule is CC(C)CNC(=O)CCN(c1nc(-c2cccc(Br)c2)nc2ccccc12)C1CC1. The highest BCUT2D eigenvalue weighted by Crippen LogP contribution is 2.35. The van der Waals surface area contributed by atoms with Crippen molar-refractivity contribution in [1.29, 1.82) is 0 Å². The summed E-state index contributed by atoms with van der Waals surface area (Å²) < 4.78 is 0.999. The van der Waals surface area contributed by atoms with Gasteiger partial charge in [0.25, 0.3) is 0 Å². The lowest BCUT2D eigenvalue weighted by molar-refractivity contribution is -0.121. The molecule has 1 N–H and O–H groups in total. The number of amides is 1. The number of aromatic nitrogens is 2. The number of anilines is 1. The topological polar surface area (TPSA) is 58.1 Å². The van der Waals surface area contributed by atoms with Crippen LogP contribution in [0.3, 0.4) is 0 Å². The van der Waals surface area contributed by atoms with Gasteiger partial charge in [-0.25, -0.2) is 9.97 Å². The van der Waals surface area contributed by atoms with Crippen LogP contribution in [0.15, 0.2) is 53.0 Å². The molecule has 1 fully saturated rings. The van der Waals surface area contributed by atoms with E-state index in [9.17, 15) is 4.79 Å². The summed E-state index contributed by atoms with van der Waals surface area (Å²) in [4.78, 5) is 24.4. The summed E-state index contributed by atoms with van der Waals surface area (Å²) in [6.07, 6.45) is 2.74. The Hall–Kier alpha value is -2.47. The maximum absolute atomic E-state index is 12.3. The highest BCUT2D eigenvalue weighted by Gasteiger charge is 2.31. The van der Waals surface area contributed by atoms with Crippen molar-refractivity contribution in [3.63, 3.8) is 0 Å². The average molecular weight is 467 g/mol. The zero-order valence-corrected chi connectivity index (χ0v) is 19.0. The van der Waals surface area contributed by atoms with Crippen molar-refractivity contribution in [1.82, 2.24) is 15.3 Å². The van der Waals surface area contributed by atoms with Gasteiger partial charge in [0.15, 0.2) is 5.82 Å². The first-order chi connectivity index (χ1) is 14.5. The summed E-state index contributed by atoms with van der Waals surface area (Å²) in [7, 11) is 0. The molecule has 1 aromatic heterocycles. The predicted molar refractivity (Wildman–Crippen MR) is 126 cm³/mol. The van der Waals surface area contributed by atoms with Gasteiger partial charge in [-0.1, -0.05) is 54.0 Å². The minimum atomic E-state index is 0.0972. The van der Waals surface area contributed by atoms with Crippen LogP contribution in [0.25, 0.3) is 22.3 Å². The molecule has 1 aliphatic rings. The van der Waals surface area contributed by atoms with E-state index in [4.69, 9.17) is 9.97 Å². The molecule has 0 aliphatic heterocycles. The highest BCUT2D eigenvalue weighted by molar-refractivity contribution is 9.10. The van der Waals surface area contributed by atoms with E-state index in [2.05, 4.69) is 46.1 Å². The summed E-state index contributed by atoms with van der Waals surface area (Å²) in [6, 6.07) is 16.6. The van der Waals surface area contributed by atoms with E-state index in [0.29, 0.717) is 37.3 Å². The summed E-state index contributed by atoms with van der Waals surface area (Å²) in [5.41, 5.74) is 1.90. The summed E-state index contributed by atoms with van der Waals surface area (Å²) in [5, 5.41) is 4.06. The van der Waals surface area contributed by atoms with Crippen molar-refractivity contribution in [3.05, 3.63) is 53.0 Å². The summed E-state index contributed by atoms with van der Waals surface area (Å²) in [6.45, 7) is 5.58. The summed E-state index contributed by atoms with van der Waals surface area (Å²) in [5.74, 6) is 2.18. The number of carbonyl (C=O) groups excluding carboxylic acids is 1. The number of halogens is 1. The molecule has 0 bridgehead atoms. The Kier molecular flexibility index (Phi) is 6.32. The average Bonchev–Trinajstić information content (AvgIpc) is 3.57. The molecule has 3 aromatic rings. The van der Waals surface area contributed by atoms with Crippen LogP contribution >= 0.6 is 15.9 Å². The van der Waals surface area contributed by atoms with E-state index in [0.717, 1.165) is 39.6 Å². The van der Waals surface area contributed by atoms with E-state index >= 15 is 0 Å². The smallest absolute Gasteiger partial charge is 0.221 e. The third-order valence-corrected chi connectivity index (χ3v) is 5.71. The van der Waals surface area contributed by atoms with Gasteiger partial charge in [-0.2, -0.15) is 0 Å². The number of fused-ring (bicyclic) bond motifs is 1. The molecule has 0 radical (unpaired) electrons. The fraction of sp³-hybridized carbons (Fsp3) is 0.375. The van der Waals surface area contributed by atoms with Crippen molar-refractivity contribution in [2.45, 2.75) is 39.2 Å². The number of hydrogen-bond acceptors (Lipinski definition) is 4. The molecular formula is C24H27BrN4O. The van der Waals surface area contributed by atoms with Gasteiger partial charge < -0.3 is 10.2 Å². The largest absolute Gasteiger partial charge is 0.356 e. The molecule has 2 aromatic carbocycles. The predicted octanol–water partition coefficient (Wildman–Crippen LogP) is 5.19. The summed E-state index contributed by atoms with van der Waals surface area (Å²) >= 11 is 3.55. The molecular weight excluding hydrogens is 440 g/mol. The molecule has 5 nitrogen and oxygen atoms in total. The number of nitrogens with one attached hydrogen (secondary N) is 1. The molecule has 156 valence electrons. The Morgan fingerprint density at radius 2 is 1.97 bits per heavy atom. The maximum atomic E-state index is 12.3. The number of benzene rings is 2. The Bertz CT molecular complexity index is 1050. The molecule has 4 rings (SSSR count). The molecule has 0 spiro atoms. The fourth-order valence-corrected chi connectivity index (χ4v) is 3.91. The van der Waals surface area contributed by atoms with Crippen molar-refractivity contribution in [2.24, 2.45) is 5.92 Å². The van der Waals surface area contributed by atoms with Crippen molar-refractivity contribution in [2.75, 3.05) is 18.0 Å². The first kappa shape index (κ1) is 20.8. The van der Waals surface area contributed by atoms with Gasteiger partial charge in [0.05, 0.1) is 5.52 Å². The second-order valence-corrected chi connectivity index (χ2v) is 9.19. The molecule has 1 aliphatic carbocycles. The molecule has 1 heterocycles. The van der Waals surface area contributed by atoms with Crippen LogP contribution in [0.2, 0.25) is 0 Å². The van der Waals surface area contributed by atoms with Gasteiger partial charge in [0, 0.05) is 41.0 Å². The van der Waals surface area contributed by atoms with Crippen LogP contribution in [-0.2, 0) is 4.79 Å². The number of carbonyl (C=O) groups is 1. The lowest BCUT2D eigenvalue weighted by Crippen LogP contribution is -2.34. The molecule has 1 amide bonds. The Morgan fingerprint density at radius 1 is 1.17 bits per heavy atom. The highest BCUT2D eigenvalue weighted by atomic mass is 79.9. The first-order valence-electron chi connectivity index (χ1n) is 10.6. The molecule has 6 heteroatoms. The standard InChI is InChI=1S/C24H27BrN4O/c1-16(2)15-26-22(30)12-13-29(19-10-11-19)24-20-8-3-4-9-21(20)27-23(28-24)17-6-5-7-18(25)14-17/h3-9,14,16,19H,10-13,15H2,1-2H3,(H,26,30). The number of rotatable bonds is 8. The van der Waals surface area contributed by atoms with Crippen molar-refractivity contribution in [3.8, 4) is 11.4 Å². The molecule has 1 saturated carbocycles. The van der Waals surface area contributed by atoms with Gasteiger partial charge in [-0.05, 0) is 43.0 Å². The van der Waals surface area contributed by atoms with Gasteiger partial charge in [-0.3, -0.25) is 4.79 Å². The minimum absolute atomic E-state index is 0.0972. The second-order valence-electron chi connectivity index (χ2n) is 8.27. The molecule has 0 unspecified atom stereocenters. The number of hydrogen-bond donors (Lipinski definition) is 1. The monoisotopic (exact) mass is 466 g/mol. The van der Waals surface area contributed by atoms with Gasteiger partial charge in [0.2, 0.25) is 5.91 Å². The van der Waals surface area contributed by atoms with E-state index in [-0.39, 0.29) is 5.91 Å². The van der Waals surface area contributed by atoms with Crippen molar-refractivity contribution < 1.29 is 4.79 Å². The molecule has 0 saturated heterocycles. The zero-order chi connectivity index (χ0) is 21.1.